The molecule has 3 atom stereocenters. The number of fused-ring (bicyclic) bond motifs is 1. The van der Waals surface area contributed by atoms with Crippen LogP contribution in [-0.2, 0) is 0 Å². The number of methoxy groups -OCH3 is 1. The topological polar surface area (TPSA) is 34.2 Å². The standard InChI is InChI=1S/C16H24N2O/c1-3-9-17-16(14-11-6-4-7-12(11)14)15-13(19-2)8-5-10-18-15/h5,8,10-12,14,16-17H,3-4,6-7,9H2,1-2H3. The molecule has 3 rings (SSSR count). The Hall–Kier alpha value is -1.09. The molecule has 1 heterocycles. The van der Waals surface area contributed by atoms with E-state index in [0.29, 0.717) is 6.04 Å². The summed E-state index contributed by atoms with van der Waals surface area (Å²) in [5.41, 5.74) is 1.11. The highest BCUT2D eigenvalue weighted by atomic mass is 16.5. The summed E-state index contributed by atoms with van der Waals surface area (Å²) in [6.07, 6.45) is 7.29. The summed E-state index contributed by atoms with van der Waals surface area (Å²) in [5, 5.41) is 3.71. The third-order valence-corrected chi connectivity index (χ3v) is 4.79. The van der Waals surface area contributed by atoms with Crippen LogP contribution in [0.3, 0.4) is 0 Å². The quantitative estimate of drug-likeness (QED) is 0.853. The molecule has 3 heteroatoms. The lowest BCUT2D eigenvalue weighted by atomic mass is 10.00. The molecule has 104 valence electrons. The molecule has 0 spiro atoms. The molecule has 2 saturated carbocycles. The summed E-state index contributed by atoms with van der Waals surface area (Å²) >= 11 is 0. The van der Waals surface area contributed by atoms with Crippen LogP contribution in [-0.4, -0.2) is 18.6 Å². The lowest BCUT2D eigenvalue weighted by Gasteiger charge is -2.21. The number of nitrogens with one attached hydrogen (secondary N) is 1. The summed E-state index contributed by atoms with van der Waals surface area (Å²) < 4.78 is 5.50. The molecular weight excluding hydrogens is 236 g/mol. The molecular formula is C16H24N2O. The van der Waals surface area contributed by atoms with Gasteiger partial charge in [-0.1, -0.05) is 13.3 Å². The lowest BCUT2D eigenvalue weighted by Crippen LogP contribution is -2.26. The van der Waals surface area contributed by atoms with Gasteiger partial charge < -0.3 is 10.1 Å². The van der Waals surface area contributed by atoms with Gasteiger partial charge in [-0.2, -0.15) is 0 Å². The van der Waals surface area contributed by atoms with E-state index in [1.165, 1.54) is 19.3 Å². The van der Waals surface area contributed by atoms with E-state index < -0.39 is 0 Å². The van der Waals surface area contributed by atoms with Crippen molar-refractivity contribution >= 4 is 0 Å². The van der Waals surface area contributed by atoms with E-state index in [0.717, 1.165) is 42.2 Å². The Kier molecular flexibility index (Phi) is 3.74. The van der Waals surface area contributed by atoms with E-state index in [1.807, 2.05) is 18.3 Å². The predicted molar refractivity (Wildman–Crippen MR) is 76.1 cm³/mol. The third kappa shape index (κ3) is 2.36. The Labute approximate surface area is 115 Å². The number of pyridine rings is 1. The Morgan fingerprint density at radius 1 is 1.42 bits per heavy atom. The second-order valence-electron chi connectivity index (χ2n) is 5.86. The lowest BCUT2D eigenvalue weighted by molar-refractivity contribution is 0.367. The molecule has 0 aliphatic heterocycles. The van der Waals surface area contributed by atoms with Gasteiger partial charge in [0.2, 0.25) is 0 Å². The minimum Gasteiger partial charge on any atom is -0.495 e. The largest absolute Gasteiger partial charge is 0.495 e. The first kappa shape index (κ1) is 12.9. The molecule has 0 amide bonds. The fourth-order valence-corrected chi connectivity index (χ4v) is 3.90. The predicted octanol–water partition coefficient (Wildman–Crippen LogP) is 3.18. The van der Waals surface area contributed by atoms with Gasteiger partial charge in [0.1, 0.15) is 5.75 Å². The van der Waals surface area contributed by atoms with Crippen LogP contribution in [0.15, 0.2) is 18.3 Å². The van der Waals surface area contributed by atoms with Crippen molar-refractivity contribution < 1.29 is 4.74 Å². The van der Waals surface area contributed by atoms with Gasteiger partial charge in [-0.3, -0.25) is 4.98 Å². The van der Waals surface area contributed by atoms with Gasteiger partial charge in [0.05, 0.1) is 18.8 Å². The first-order chi connectivity index (χ1) is 9.36. The van der Waals surface area contributed by atoms with E-state index >= 15 is 0 Å². The molecule has 1 aromatic rings. The van der Waals surface area contributed by atoms with Crippen LogP contribution in [0, 0.1) is 17.8 Å². The minimum atomic E-state index is 0.381. The Morgan fingerprint density at radius 2 is 2.21 bits per heavy atom. The molecule has 2 aliphatic rings. The number of hydrogen-bond acceptors (Lipinski definition) is 3. The highest BCUT2D eigenvalue weighted by molar-refractivity contribution is 5.32. The number of aromatic nitrogens is 1. The van der Waals surface area contributed by atoms with Crippen LogP contribution in [0.4, 0.5) is 0 Å². The summed E-state index contributed by atoms with van der Waals surface area (Å²) in [7, 11) is 1.74. The van der Waals surface area contributed by atoms with Crippen LogP contribution >= 0.6 is 0 Å². The number of ether oxygens (including phenoxy) is 1. The molecule has 0 radical (unpaired) electrons. The van der Waals surface area contributed by atoms with Crippen molar-refractivity contribution in [2.24, 2.45) is 17.8 Å². The summed E-state index contributed by atoms with van der Waals surface area (Å²) in [6, 6.07) is 4.36. The maximum Gasteiger partial charge on any atom is 0.141 e. The molecule has 3 unspecified atom stereocenters. The van der Waals surface area contributed by atoms with Gasteiger partial charge in [0, 0.05) is 6.20 Å². The molecule has 19 heavy (non-hydrogen) atoms. The van der Waals surface area contributed by atoms with Gasteiger partial charge in [0.25, 0.3) is 0 Å². The monoisotopic (exact) mass is 260 g/mol. The van der Waals surface area contributed by atoms with E-state index in [9.17, 15) is 0 Å². The highest BCUT2D eigenvalue weighted by Crippen LogP contribution is 2.62. The van der Waals surface area contributed by atoms with Crippen molar-refractivity contribution in [2.75, 3.05) is 13.7 Å². The van der Waals surface area contributed by atoms with E-state index in [2.05, 4.69) is 17.2 Å². The van der Waals surface area contributed by atoms with Gasteiger partial charge in [0.15, 0.2) is 0 Å². The van der Waals surface area contributed by atoms with Crippen molar-refractivity contribution in [3.05, 3.63) is 24.0 Å². The molecule has 0 bridgehead atoms. The van der Waals surface area contributed by atoms with Crippen LogP contribution in [0.25, 0.3) is 0 Å². The van der Waals surface area contributed by atoms with Gasteiger partial charge in [-0.15, -0.1) is 0 Å². The second kappa shape index (κ2) is 5.49. The first-order valence-corrected chi connectivity index (χ1v) is 7.59. The zero-order chi connectivity index (χ0) is 13.2. The number of nitrogens with zero attached hydrogens (tertiary/aromatic N) is 1. The minimum absolute atomic E-state index is 0.381. The van der Waals surface area contributed by atoms with E-state index in [4.69, 9.17) is 4.74 Å². The van der Waals surface area contributed by atoms with E-state index in [1.54, 1.807) is 7.11 Å². The first-order valence-electron chi connectivity index (χ1n) is 7.59. The Bertz CT molecular complexity index is 425. The zero-order valence-electron chi connectivity index (χ0n) is 11.9. The SMILES string of the molecule is CCCNC(c1ncccc1OC)C1C2CCCC21. The molecule has 2 aliphatic carbocycles. The third-order valence-electron chi connectivity index (χ3n) is 4.79. The number of rotatable bonds is 6. The van der Waals surface area contributed by atoms with Crippen LogP contribution in [0.2, 0.25) is 0 Å². The average Bonchev–Trinajstić information content (AvgIpc) is 2.92. The van der Waals surface area contributed by atoms with Gasteiger partial charge in [-0.05, 0) is 55.7 Å². The summed E-state index contributed by atoms with van der Waals surface area (Å²) in [6.45, 7) is 3.27. The average molecular weight is 260 g/mol. The highest BCUT2D eigenvalue weighted by Gasteiger charge is 2.56. The fourth-order valence-electron chi connectivity index (χ4n) is 3.90. The molecule has 0 saturated heterocycles. The van der Waals surface area contributed by atoms with Gasteiger partial charge >= 0.3 is 0 Å². The summed E-state index contributed by atoms with van der Waals surface area (Å²) in [5.74, 6) is 3.58. The second-order valence-corrected chi connectivity index (χ2v) is 5.86. The zero-order valence-corrected chi connectivity index (χ0v) is 11.9. The van der Waals surface area contributed by atoms with Crippen molar-refractivity contribution in [2.45, 2.75) is 38.6 Å². The number of hydrogen-bond donors (Lipinski definition) is 1. The van der Waals surface area contributed by atoms with Crippen molar-refractivity contribution in [3.63, 3.8) is 0 Å². The Balaban J connectivity index is 1.82. The smallest absolute Gasteiger partial charge is 0.141 e. The van der Waals surface area contributed by atoms with Crippen molar-refractivity contribution in [1.82, 2.24) is 10.3 Å². The maximum absolute atomic E-state index is 5.50. The Morgan fingerprint density at radius 3 is 2.89 bits per heavy atom. The maximum atomic E-state index is 5.50. The van der Waals surface area contributed by atoms with Crippen LogP contribution in [0.1, 0.15) is 44.3 Å². The van der Waals surface area contributed by atoms with Crippen molar-refractivity contribution in [1.29, 1.82) is 0 Å². The van der Waals surface area contributed by atoms with Crippen LogP contribution < -0.4 is 10.1 Å². The molecule has 2 fully saturated rings. The molecule has 1 N–H and O–H groups in total. The van der Waals surface area contributed by atoms with Crippen molar-refractivity contribution in [3.8, 4) is 5.75 Å². The molecule has 0 aromatic carbocycles. The molecule has 1 aromatic heterocycles. The molecule has 3 nitrogen and oxygen atoms in total. The van der Waals surface area contributed by atoms with Gasteiger partial charge in [-0.25, -0.2) is 0 Å². The fraction of sp³-hybridized carbons (Fsp3) is 0.688. The normalized spacial score (nSPS) is 29.9. The summed E-state index contributed by atoms with van der Waals surface area (Å²) in [4.78, 5) is 4.60. The van der Waals surface area contributed by atoms with Crippen LogP contribution in [0.5, 0.6) is 5.75 Å². The van der Waals surface area contributed by atoms with E-state index in [-0.39, 0.29) is 0 Å².